The SMILES string of the molecule is OC1(C(F)(F)F)CCN(C/C=C/Cl)C1. The molecule has 1 heterocycles. The zero-order valence-corrected chi connectivity index (χ0v) is 8.15. The zero-order valence-electron chi connectivity index (χ0n) is 7.39. The molecular weight excluding hydrogens is 219 g/mol. The van der Waals surface area contributed by atoms with Crippen molar-refractivity contribution in [3.05, 3.63) is 11.6 Å². The smallest absolute Gasteiger partial charge is 0.379 e. The van der Waals surface area contributed by atoms with Gasteiger partial charge >= 0.3 is 6.18 Å². The minimum Gasteiger partial charge on any atom is -0.379 e. The van der Waals surface area contributed by atoms with E-state index in [-0.39, 0.29) is 19.5 Å². The van der Waals surface area contributed by atoms with Crippen LogP contribution in [0.4, 0.5) is 13.2 Å². The molecule has 1 rings (SSSR count). The van der Waals surface area contributed by atoms with E-state index < -0.39 is 11.8 Å². The predicted octanol–water partition coefficient (Wildman–Crippen LogP) is 1.74. The summed E-state index contributed by atoms with van der Waals surface area (Å²) in [4.78, 5) is 1.51. The summed E-state index contributed by atoms with van der Waals surface area (Å²) >= 11 is 5.25. The van der Waals surface area contributed by atoms with Gasteiger partial charge in [-0.1, -0.05) is 17.7 Å². The average molecular weight is 230 g/mol. The number of alkyl halides is 3. The fraction of sp³-hybridized carbons (Fsp3) is 0.750. The monoisotopic (exact) mass is 229 g/mol. The molecule has 0 spiro atoms. The van der Waals surface area contributed by atoms with Crippen molar-refractivity contribution >= 4 is 11.6 Å². The summed E-state index contributed by atoms with van der Waals surface area (Å²) in [5, 5.41) is 9.27. The van der Waals surface area contributed by atoms with Crippen LogP contribution in [0.15, 0.2) is 11.6 Å². The van der Waals surface area contributed by atoms with Crippen molar-refractivity contribution in [2.24, 2.45) is 0 Å². The predicted molar refractivity (Wildman–Crippen MR) is 47.1 cm³/mol. The molecule has 0 aromatic heterocycles. The number of hydrogen-bond donors (Lipinski definition) is 1. The highest BCUT2D eigenvalue weighted by Crippen LogP contribution is 2.37. The number of likely N-dealkylation sites (tertiary alicyclic amines) is 1. The van der Waals surface area contributed by atoms with Gasteiger partial charge in [0.2, 0.25) is 0 Å². The third kappa shape index (κ3) is 2.40. The maximum absolute atomic E-state index is 12.3. The molecule has 2 nitrogen and oxygen atoms in total. The van der Waals surface area contributed by atoms with E-state index in [4.69, 9.17) is 11.6 Å². The number of halogens is 4. The van der Waals surface area contributed by atoms with Crippen molar-refractivity contribution in [1.29, 1.82) is 0 Å². The van der Waals surface area contributed by atoms with Crippen LogP contribution in [0.3, 0.4) is 0 Å². The first-order chi connectivity index (χ1) is 6.39. The number of hydrogen-bond acceptors (Lipinski definition) is 2. The van der Waals surface area contributed by atoms with Crippen LogP contribution in [0.1, 0.15) is 6.42 Å². The Morgan fingerprint density at radius 2 is 2.14 bits per heavy atom. The summed E-state index contributed by atoms with van der Waals surface area (Å²) in [6, 6.07) is 0. The fourth-order valence-electron chi connectivity index (χ4n) is 1.45. The lowest BCUT2D eigenvalue weighted by Crippen LogP contribution is -2.47. The van der Waals surface area contributed by atoms with Gasteiger partial charge in [0.05, 0.1) is 0 Å². The molecule has 0 bridgehead atoms. The van der Waals surface area contributed by atoms with E-state index in [1.807, 2.05) is 0 Å². The Balaban J connectivity index is 2.55. The normalized spacial score (nSPS) is 30.4. The van der Waals surface area contributed by atoms with E-state index in [1.165, 1.54) is 10.4 Å². The molecule has 0 amide bonds. The summed E-state index contributed by atoms with van der Waals surface area (Å²) in [5.74, 6) is 0. The Labute approximate surface area is 85.0 Å². The quantitative estimate of drug-likeness (QED) is 0.780. The van der Waals surface area contributed by atoms with Gasteiger partial charge < -0.3 is 5.11 Å². The van der Waals surface area contributed by atoms with Crippen molar-refractivity contribution in [2.75, 3.05) is 19.6 Å². The number of nitrogens with zero attached hydrogens (tertiary/aromatic N) is 1. The van der Waals surface area contributed by atoms with Crippen LogP contribution in [0.25, 0.3) is 0 Å². The van der Waals surface area contributed by atoms with Crippen molar-refractivity contribution in [1.82, 2.24) is 4.90 Å². The van der Waals surface area contributed by atoms with Gasteiger partial charge in [-0.15, -0.1) is 0 Å². The molecule has 1 aliphatic rings. The number of β-amino-alcohol motifs (C(OH)–C–C–N with tert-alkyl or cyclic N) is 1. The largest absolute Gasteiger partial charge is 0.418 e. The summed E-state index contributed by atoms with van der Waals surface area (Å²) in [5.41, 5.74) is -1.29. The summed E-state index contributed by atoms with van der Waals surface area (Å²) in [6.07, 6.45) is -3.28. The standard InChI is InChI=1S/C8H11ClF3NO/c9-3-1-4-13-5-2-7(14,6-13)8(10,11)12/h1,3,14H,2,4-6H2/b3-1+. The molecule has 1 unspecified atom stereocenters. The maximum Gasteiger partial charge on any atom is 0.418 e. The third-order valence-electron chi connectivity index (χ3n) is 2.31. The van der Waals surface area contributed by atoms with Gasteiger partial charge in [-0.25, -0.2) is 0 Å². The second-order valence-corrected chi connectivity index (χ2v) is 3.63. The van der Waals surface area contributed by atoms with Gasteiger partial charge in [0.1, 0.15) is 0 Å². The van der Waals surface area contributed by atoms with Crippen molar-refractivity contribution in [3.63, 3.8) is 0 Å². The summed E-state index contributed by atoms with van der Waals surface area (Å²) in [6.45, 7) is 0.191. The van der Waals surface area contributed by atoms with E-state index >= 15 is 0 Å². The first-order valence-electron chi connectivity index (χ1n) is 4.16. The molecule has 1 N–H and O–H groups in total. The zero-order chi connectivity index (χ0) is 10.8. The molecule has 82 valence electrons. The minimum atomic E-state index is -4.55. The summed E-state index contributed by atoms with van der Waals surface area (Å²) < 4.78 is 37.0. The Hall–Kier alpha value is -0.260. The van der Waals surface area contributed by atoms with Crippen molar-refractivity contribution in [3.8, 4) is 0 Å². The second-order valence-electron chi connectivity index (χ2n) is 3.38. The van der Waals surface area contributed by atoms with Crippen LogP contribution in [-0.2, 0) is 0 Å². The van der Waals surface area contributed by atoms with Crippen LogP contribution in [0.2, 0.25) is 0 Å². The molecule has 1 saturated heterocycles. The van der Waals surface area contributed by atoms with Gasteiger partial charge in [-0.2, -0.15) is 13.2 Å². The van der Waals surface area contributed by atoms with Crippen LogP contribution in [0.5, 0.6) is 0 Å². The van der Waals surface area contributed by atoms with E-state index in [2.05, 4.69) is 0 Å². The highest BCUT2D eigenvalue weighted by atomic mass is 35.5. The van der Waals surface area contributed by atoms with Gasteiger partial charge in [-0.3, -0.25) is 4.90 Å². The lowest BCUT2D eigenvalue weighted by atomic mass is 10.0. The number of rotatable bonds is 2. The summed E-state index contributed by atoms with van der Waals surface area (Å²) in [7, 11) is 0. The minimum absolute atomic E-state index is 0.233. The lowest BCUT2D eigenvalue weighted by molar-refractivity contribution is -0.253. The van der Waals surface area contributed by atoms with Crippen LogP contribution >= 0.6 is 11.6 Å². The van der Waals surface area contributed by atoms with Crippen LogP contribution in [-0.4, -0.2) is 41.4 Å². The molecule has 6 heteroatoms. The molecule has 0 radical (unpaired) electrons. The molecule has 1 aliphatic heterocycles. The van der Waals surface area contributed by atoms with Gasteiger partial charge in [0, 0.05) is 25.2 Å². The van der Waals surface area contributed by atoms with Crippen LogP contribution in [0, 0.1) is 0 Å². The average Bonchev–Trinajstić information content (AvgIpc) is 2.44. The fourth-order valence-corrected chi connectivity index (χ4v) is 1.53. The maximum atomic E-state index is 12.3. The van der Waals surface area contributed by atoms with E-state index in [9.17, 15) is 18.3 Å². The molecule has 1 fully saturated rings. The van der Waals surface area contributed by atoms with Crippen LogP contribution < -0.4 is 0 Å². The highest BCUT2D eigenvalue weighted by Gasteiger charge is 2.56. The lowest BCUT2D eigenvalue weighted by Gasteiger charge is -2.25. The van der Waals surface area contributed by atoms with E-state index in [0.717, 1.165) is 0 Å². The highest BCUT2D eigenvalue weighted by molar-refractivity contribution is 6.25. The first kappa shape index (κ1) is 11.8. The Morgan fingerprint density at radius 1 is 1.50 bits per heavy atom. The van der Waals surface area contributed by atoms with E-state index in [1.54, 1.807) is 6.08 Å². The molecule has 14 heavy (non-hydrogen) atoms. The third-order valence-corrected chi connectivity index (χ3v) is 2.49. The number of aliphatic hydroxyl groups is 1. The second kappa shape index (κ2) is 4.08. The molecule has 1 atom stereocenters. The Kier molecular flexibility index (Phi) is 3.44. The van der Waals surface area contributed by atoms with Gasteiger partial charge in [-0.05, 0) is 6.42 Å². The molecule has 0 saturated carbocycles. The van der Waals surface area contributed by atoms with E-state index in [0.29, 0.717) is 6.54 Å². The Morgan fingerprint density at radius 3 is 2.57 bits per heavy atom. The van der Waals surface area contributed by atoms with Crippen molar-refractivity contribution in [2.45, 2.75) is 18.2 Å². The van der Waals surface area contributed by atoms with Gasteiger partial charge in [0.15, 0.2) is 5.60 Å². The first-order valence-corrected chi connectivity index (χ1v) is 4.59. The Bertz CT molecular complexity index is 231. The topological polar surface area (TPSA) is 23.5 Å². The van der Waals surface area contributed by atoms with Crippen molar-refractivity contribution < 1.29 is 18.3 Å². The molecular formula is C8H11ClF3NO. The van der Waals surface area contributed by atoms with Gasteiger partial charge in [0.25, 0.3) is 0 Å². The molecule has 0 aliphatic carbocycles. The molecule has 0 aromatic rings. The molecule has 0 aromatic carbocycles.